The van der Waals surface area contributed by atoms with Crippen LogP contribution in [0.4, 0.5) is 0 Å². The maximum Gasteiger partial charge on any atom is 0.261 e. The first kappa shape index (κ1) is 20.1. The molecule has 2 aromatic carbocycles. The number of piperidine rings is 1. The van der Waals surface area contributed by atoms with E-state index in [4.69, 9.17) is 4.74 Å². The van der Waals surface area contributed by atoms with Crippen molar-refractivity contribution in [1.29, 1.82) is 0 Å². The molecule has 1 aliphatic rings. The van der Waals surface area contributed by atoms with Gasteiger partial charge in [0.25, 0.3) is 5.56 Å². The van der Waals surface area contributed by atoms with Gasteiger partial charge < -0.3 is 10.1 Å². The van der Waals surface area contributed by atoms with Crippen molar-refractivity contribution < 1.29 is 9.53 Å². The molecule has 4 rings (SSSR count). The number of methoxy groups -OCH3 is 1. The number of likely N-dealkylation sites (tertiary alicyclic amines) is 1. The number of carbonyl (C=O) groups excluding carboxylic acids is 1. The first-order valence-corrected chi connectivity index (χ1v) is 10.2. The Morgan fingerprint density at radius 2 is 1.97 bits per heavy atom. The van der Waals surface area contributed by atoms with Gasteiger partial charge in [-0.1, -0.05) is 24.3 Å². The highest BCUT2D eigenvalue weighted by molar-refractivity contribution is 5.79. The molecule has 2 heterocycles. The molecule has 1 aliphatic heterocycles. The van der Waals surface area contributed by atoms with Gasteiger partial charge in [0.2, 0.25) is 5.91 Å². The number of aromatic nitrogens is 2. The minimum absolute atomic E-state index is 0.0132. The lowest BCUT2D eigenvalue weighted by atomic mass is 10.0. The van der Waals surface area contributed by atoms with Crippen LogP contribution in [0.5, 0.6) is 5.75 Å². The van der Waals surface area contributed by atoms with Crippen LogP contribution in [0.1, 0.15) is 18.4 Å². The minimum atomic E-state index is -0.191. The average molecular weight is 406 g/mol. The number of nitrogens with one attached hydrogen (secondary N) is 1. The van der Waals surface area contributed by atoms with Crippen LogP contribution in [0.25, 0.3) is 10.9 Å². The van der Waals surface area contributed by atoms with Crippen molar-refractivity contribution >= 4 is 16.8 Å². The van der Waals surface area contributed by atoms with E-state index in [-0.39, 0.29) is 24.1 Å². The number of hydrogen-bond donors (Lipinski definition) is 1. The molecule has 1 fully saturated rings. The van der Waals surface area contributed by atoms with Crippen LogP contribution in [-0.2, 0) is 17.9 Å². The Morgan fingerprint density at radius 3 is 2.77 bits per heavy atom. The zero-order chi connectivity index (χ0) is 20.9. The molecule has 0 spiro atoms. The number of hydrogen-bond acceptors (Lipinski definition) is 5. The number of carbonyl (C=O) groups is 1. The number of para-hydroxylation sites is 1. The first-order valence-electron chi connectivity index (χ1n) is 10.2. The van der Waals surface area contributed by atoms with Crippen molar-refractivity contribution in [2.24, 2.45) is 0 Å². The molecule has 156 valence electrons. The summed E-state index contributed by atoms with van der Waals surface area (Å²) < 4.78 is 6.66. The molecule has 0 bridgehead atoms. The van der Waals surface area contributed by atoms with E-state index in [1.807, 2.05) is 18.2 Å². The van der Waals surface area contributed by atoms with Gasteiger partial charge in [-0.25, -0.2) is 4.98 Å². The van der Waals surface area contributed by atoms with Gasteiger partial charge in [-0.05, 0) is 42.7 Å². The number of amides is 1. The molecule has 1 amide bonds. The van der Waals surface area contributed by atoms with E-state index >= 15 is 0 Å². The summed E-state index contributed by atoms with van der Waals surface area (Å²) in [5, 5.41) is 3.60. The number of rotatable bonds is 6. The molecule has 0 unspecified atom stereocenters. The molecule has 3 aromatic rings. The predicted octanol–water partition coefficient (Wildman–Crippen LogP) is 2.19. The second kappa shape index (κ2) is 9.09. The Kier molecular flexibility index (Phi) is 6.09. The summed E-state index contributed by atoms with van der Waals surface area (Å²) in [4.78, 5) is 31.7. The molecule has 1 aromatic heterocycles. The highest BCUT2D eigenvalue weighted by Gasteiger charge is 2.21. The quantitative estimate of drug-likeness (QED) is 0.679. The van der Waals surface area contributed by atoms with Crippen LogP contribution < -0.4 is 15.6 Å². The van der Waals surface area contributed by atoms with Gasteiger partial charge in [-0.3, -0.25) is 19.1 Å². The predicted molar refractivity (Wildman–Crippen MR) is 115 cm³/mol. The molecule has 1 N–H and O–H groups in total. The Morgan fingerprint density at radius 1 is 1.17 bits per heavy atom. The summed E-state index contributed by atoms with van der Waals surface area (Å²) in [6.45, 7) is 2.69. The third kappa shape index (κ3) is 4.68. The smallest absolute Gasteiger partial charge is 0.261 e. The van der Waals surface area contributed by atoms with Crippen LogP contribution in [0.15, 0.2) is 59.7 Å². The van der Waals surface area contributed by atoms with E-state index in [9.17, 15) is 9.59 Å². The molecule has 30 heavy (non-hydrogen) atoms. The Labute approximate surface area is 175 Å². The molecule has 0 saturated carbocycles. The summed E-state index contributed by atoms with van der Waals surface area (Å²) >= 11 is 0. The van der Waals surface area contributed by atoms with Crippen LogP contribution >= 0.6 is 0 Å². The van der Waals surface area contributed by atoms with Crippen LogP contribution in [0.3, 0.4) is 0 Å². The van der Waals surface area contributed by atoms with Crippen molar-refractivity contribution in [1.82, 2.24) is 19.8 Å². The number of benzene rings is 2. The lowest BCUT2D eigenvalue weighted by Crippen LogP contribution is -2.45. The third-order valence-electron chi connectivity index (χ3n) is 5.54. The molecular formula is C23H26N4O3. The van der Waals surface area contributed by atoms with E-state index in [0.717, 1.165) is 38.2 Å². The maximum absolute atomic E-state index is 12.5. The largest absolute Gasteiger partial charge is 0.497 e. The zero-order valence-corrected chi connectivity index (χ0v) is 17.1. The van der Waals surface area contributed by atoms with Gasteiger partial charge in [-0.15, -0.1) is 0 Å². The van der Waals surface area contributed by atoms with E-state index in [2.05, 4.69) is 27.3 Å². The number of nitrogens with zero attached hydrogens (tertiary/aromatic N) is 3. The third-order valence-corrected chi connectivity index (χ3v) is 5.54. The van der Waals surface area contributed by atoms with Gasteiger partial charge in [0.1, 0.15) is 12.3 Å². The van der Waals surface area contributed by atoms with Gasteiger partial charge in [0.15, 0.2) is 0 Å². The Balaban J connectivity index is 1.29. The Bertz CT molecular complexity index is 1090. The summed E-state index contributed by atoms with van der Waals surface area (Å²) in [5.41, 5.74) is 1.67. The van der Waals surface area contributed by atoms with Crippen molar-refractivity contribution in [2.75, 3.05) is 20.2 Å². The SMILES string of the molecule is COc1cccc(CN2CCC(NC(=O)Cn3cnc4ccccc4c3=O)CC2)c1. The fourth-order valence-corrected chi connectivity index (χ4v) is 3.91. The summed E-state index contributed by atoms with van der Waals surface area (Å²) in [6.07, 6.45) is 3.22. The average Bonchev–Trinajstić information content (AvgIpc) is 2.77. The molecule has 1 saturated heterocycles. The fraction of sp³-hybridized carbons (Fsp3) is 0.348. The highest BCUT2D eigenvalue weighted by Crippen LogP contribution is 2.17. The molecular weight excluding hydrogens is 380 g/mol. The van der Waals surface area contributed by atoms with Crippen molar-refractivity contribution in [3.63, 3.8) is 0 Å². The second-order valence-corrected chi connectivity index (χ2v) is 7.66. The maximum atomic E-state index is 12.5. The molecule has 0 aliphatic carbocycles. The summed E-state index contributed by atoms with van der Waals surface area (Å²) in [7, 11) is 1.68. The monoisotopic (exact) mass is 406 g/mol. The highest BCUT2D eigenvalue weighted by atomic mass is 16.5. The number of ether oxygens (including phenoxy) is 1. The van der Waals surface area contributed by atoms with Crippen LogP contribution in [0.2, 0.25) is 0 Å². The van der Waals surface area contributed by atoms with Crippen molar-refractivity contribution in [2.45, 2.75) is 32.0 Å². The zero-order valence-electron chi connectivity index (χ0n) is 17.1. The molecule has 0 atom stereocenters. The van der Waals surface area contributed by atoms with Gasteiger partial charge in [-0.2, -0.15) is 0 Å². The van der Waals surface area contributed by atoms with Crippen LogP contribution in [0, 0.1) is 0 Å². The number of fused-ring (bicyclic) bond motifs is 1. The van der Waals surface area contributed by atoms with Crippen LogP contribution in [-0.4, -0.2) is 46.6 Å². The van der Waals surface area contributed by atoms with E-state index in [0.29, 0.717) is 10.9 Å². The van der Waals surface area contributed by atoms with E-state index in [1.165, 1.54) is 16.5 Å². The van der Waals surface area contributed by atoms with Gasteiger partial charge >= 0.3 is 0 Å². The standard InChI is InChI=1S/C23H26N4O3/c1-30-19-6-4-5-17(13-19)14-26-11-9-18(10-12-26)25-22(28)15-27-16-24-21-8-3-2-7-20(21)23(27)29/h2-8,13,16,18H,9-12,14-15H2,1H3,(H,25,28). The van der Waals surface area contributed by atoms with E-state index in [1.54, 1.807) is 25.3 Å². The molecule has 7 heteroatoms. The summed E-state index contributed by atoms with van der Waals surface area (Å²) in [6, 6.07) is 15.4. The summed E-state index contributed by atoms with van der Waals surface area (Å²) in [5.74, 6) is 0.716. The van der Waals surface area contributed by atoms with Crippen molar-refractivity contribution in [3.05, 3.63) is 70.8 Å². The molecule has 0 radical (unpaired) electrons. The Hall–Kier alpha value is -3.19. The lowest BCUT2D eigenvalue weighted by Gasteiger charge is -2.32. The fourth-order valence-electron chi connectivity index (χ4n) is 3.91. The van der Waals surface area contributed by atoms with E-state index < -0.39 is 0 Å². The molecule has 7 nitrogen and oxygen atoms in total. The normalized spacial score (nSPS) is 15.2. The topological polar surface area (TPSA) is 76.5 Å². The van der Waals surface area contributed by atoms with Gasteiger partial charge in [0, 0.05) is 25.7 Å². The van der Waals surface area contributed by atoms with Gasteiger partial charge in [0.05, 0.1) is 24.3 Å². The lowest BCUT2D eigenvalue weighted by molar-refractivity contribution is -0.122. The first-order chi connectivity index (χ1) is 14.6. The van der Waals surface area contributed by atoms with Crippen molar-refractivity contribution in [3.8, 4) is 5.75 Å². The second-order valence-electron chi connectivity index (χ2n) is 7.66. The minimum Gasteiger partial charge on any atom is -0.497 e.